The number of rotatable bonds is 0. The Labute approximate surface area is 98.9 Å². The van der Waals surface area contributed by atoms with Gasteiger partial charge in [-0.25, -0.2) is 0 Å². The molecule has 3 rings (SSSR count). The van der Waals surface area contributed by atoms with Crippen LogP contribution in [0, 0.1) is 28.6 Å². The Morgan fingerprint density at radius 1 is 1.25 bits per heavy atom. The highest BCUT2D eigenvalue weighted by molar-refractivity contribution is 5.29. The fourth-order valence-electron chi connectivity index (χ4n) is 5.26. The first kappa shape index (κ1) is 10.8. The average molecular weight is 220 g/mol. The molecule has 3 saturated carbocycles. The minimum Gasteiger partial charge on any atom is -0.389 e. The molecule has 1 nitrogen and oxygen atoms in total. The Bertz CT molecular complexity index is 343. The van der Waals surface area contributed by atoms with Crippen LogP contribution in [0.3, 0.4) is 0 Å². The van der Waals surface area contributed by atoms with E-state index in [0.717, 1.165) is 23.8 Å². The molecule has 0 aromatic heterocycles. The van der Waals surface area contributed by atoms with Crippen LogP contribution in [0.2, 0.25) is 0 Å². The summed E-state index contributed by atoms with van der Waals surface area (Å²) in [6, 6.07) is 0. The van der Waals surface area contributed by atoms with Gasteiger partial charge in [0.1, 0.15) is 0 Å². The summed E-state index contributed by atoms with van der Waals surface area (Å²) >= 11 is 0. The zero-order valence-corrected chi connectivity index (χ0v) is 10.8. The summed E-state index contributed by atoms with van der Waals surface area (Å²) in [5, 5.41) is 10.0. The van der Waals surface area contributed by atoms with Gasteiger partial charge in [-0.05, 0) is 53.4 Å². The van der Waals surface area contributed by atoms with Gasteiger partial charge in [0, 0.05) is 0 Å². The van der Waals surface area contributed by atoms with Gasteiger partial charge in [-0.15, -0.1) is 0 Å². The Morgan fingerprint density at radius 3 is 2.56 bits per heavy atom. The van der Waals surface area contributed by atoms with Gasteiger partial charge < -0.3 is 5.11 Å². The van der Waals surface area contributed by atoms with Crippen molar-refractivity contribution in [3.05, 3.63) is 12.2 Å². The molecule has 3 aliphatic rings. The maximum Gasteiger partial charge on any atom is 0.0753 e. The van der Waals surface area contributed by atoms with Gasteiger partial charge in [0.15, 0.2) is 0 Å². The quantitative estimate of drug-likeness (QED) is 0.620. The first-order valence-electron chi connectivity index (χ1n) is 6.75. The van der Waals surface area contributed by atoms with E-state index >= 15 is 0 Å². The van der Waals surface area contributed by atoms with Crippen LogP contribution in [-0.2, 0) is 0 Å². The van der Waals surface area contributed by atoms with E-state index in [1.54, 1.807) is 0 Å². The molecule has 0 aromatic carbocycles. The molecular weight excluding hydrogens is 196 g/mol. The minimum atomic E-state index is -0.215. The van der Waals surface area contributed by atoms with Crippen molar-refractivity contribution in [3.8, 4) is 0 Å². The molecule has 0 unspecified atom stereocenters. The molecule has 0 spiro atoms. The van der Waals surface area contributed by atoms with Crippen molar-refractivity contribution in [3.63, 3.8) is 0 Å². The minimum absolute atomic E-state index is 0.215. The molecule has 90 valence electrons. The van der Waals surface area contributed by atoms with E-state index in [9.17, 15) is 5.11 Å². The van der Waals surface area contributed by atoms with E-state index in [2.05, 4.69) is 27.4 Å². The number of aliphatic hydroxyl groups excluding tert-OH is 1. The van der Waals surface area contributed by atoms with Crippen LogP contribution >= 0.6 is 0 Å². The summed E-state index contributed by atoms with van der Waals surface area (Å²) in [4.78, 5) is 0. The van der Waals surface area contributed by atoms with Gasteiger partial charge in [0.25, 0.3) is 0 Å². The maximum absolute atomic E-state index is 10.0. The van der Waals surface area contributed by atoms with Crippen molar-refractivity contribution in [1.82, 2.24) is 0 Å². The monoisotopic (exact) mass is 220 g/mol. The summed E-state index contributed by atoms with van der Waals surface area (Å²) < 4.78 is 0. The molecule has 16 heavy (non-hydrogen) atoms. The lowest BCUT2D eigenvalue weighted by Crippen LogP contribution is -2.64. The summed E-state index contributed by atoms with van der Waals surface area (Å²) in [7, 11) is 0. The molecule has 0 heterocycles. The molecule has 3 aliphatic carbocycles. The van der Waals surface area contributed by atoms with E-state index in [4.69, 9.17) is 0 Å². The van der Waals surface area contributed by atoms with Gasteiger partial charge in [-0.3, -0.25) is 0 Å². The standard InChI is InChI=1S/C15H24O/c1-9-11(16)8-10-13-12(9)15(10,4)7-5-6-14(13,2)3/h10-13,16H,1,5-8H2,2-4H3/t10-,11-,12+,13-,15+/m0/s1. The summed E-state index contributed by atoms with van der Waals surface area (Å²) in [5.74, 6) is 2.13. The zero-order chi connectivity index (χ0) is 11.7. The second-order valence-corrected chi connectivity index (χ2v) is 7.28. The zero-order valence-electron chi connectivity index (χ0n) is 10.8. The van der Waals surface area contributed by atoms with Crippen LogP contribution in [-0.4, -0.2) is 11.2 Å². The Kier molecular flexibility index (Phi) is 1.98. The van der Waals surface area contributed by atoms with E-state index in [-0.39, 0.29) is 6.10 Å². The van der Waals surface area contributed by atoms with Gasteiger partial charge in [-0.2, -0.15) is 0 Å². The fraction of sp³-hybridized carbons (Fsp3) is 0.867. The lowest BCUT2D eigenvalue weighted by atomic mass is 9.37. The Hall–Kier alpha value is -0.300. The van der Waals surface area contributed by atoms with Gasteiger partial charge in [0.05, 0.1) is 6.10 Å². The van der Waals surface area contributed by atoms with Gasteiger partial charge in [0.2, 0.25) is 0 Å². The third-order valence-electron chi connectivity index (χ3n) is 6.09. The Morgan fingerprint density at radius 2 is 1.94 bits per heavy atom. The number of fused-ring (bicyclic) bond motifs is 1. The van der Waals surface area contributed by atoms with E-state index in [1.807, 2.05) is 0 Å². The fourth-order valence-corrected chi connectivity index (χ4v) is 5.26. The van der Waals surface area contributed by atoms with Crippen molar-refractivity contribution in [2.24, 2.45) is 28.6 Å². The topological polar surface area (TPSA) is 20.2 Å². The summed E-state index contributed by atoms with van der Waals surface area (Å²) in [6.45, 7) is 11.5. The number of hydrogen-bond donors (Lipinski definition) is 1. The van der Waals surface area contributed by atoms with Crippen LogP contribution in [0.5, 0.6) is 0 Å². The van der Waals surface area contributed by atoms with Crippen LogP contribution in [0.4, 0.5) is 0 Å². The molecule has 1 heteroatoms. The smallest absolute Gasteiger partial charge is 0.0753 e. The van der Waals surface area contributed by atoms with Crippen LogP contribution in [0.25, 0.3) is 0 Å². The molecule has 3 fully saturated rings. The van der Waals surface area contributed by atoms with E-state index in [0.29, 0.717) is 16.7 Å². The molecule has 0 aliphatic heterocycles. The number of aliphatic hydroxyl groups is 1. The molecule has 4 bridgehead atoms. The maximum atomic E-state index is 10.0. The van der Waals surface area contributed by atoms with Crippen LogP contribution in [0.1, 0.15) is 46.5 Å². The summed E-state index contributed by atoms with van der Waals surface area (Å²) in [6.07, 6.45) is 4.81. The molecule has 0 saturated heterocycles. The molecular formula is C15H24O. The number of hydrogen-bond acceptors (Lipinski definition) is 1. The first-order chi connectivity index (χ1) is 7.38. The molecule has 0 amide bonds. The highest BCUT2D eigenvalue weighted by Crippen LogP contribution is 2.73. The van der Waals surface area contributed by atoms with Crippen molar-refractivity contribution >= 4 is 0 Å². The second-order valence-electron chi connectivity index (χ2n) is 7.28. The van der Waals surface area contributed by atoms with Crippen LogP contribution < -0.4 is 0 Å². The molecule has 0 radical (unpaired) electrons. The van der Waals surface area contributed by atoms with Crippen molar-refractivity contribution in [2.75, 3.05) is 0 Å². The molecule has 0 aromatic rings. The first-order valence-corrected chi connectivity index (χ1v) is 6.75. The third kappa shape index (κ3) is 1.06. The van der Waals surface area contributed by atoms with Crippen LogP contribution in [0.15, 0.2) is 12.2 Å². The van der Waals surface area contributed by atoms with E-state index in [1.165, 1.54) is 19.3 Å². The lowest BCUT2D eigenvalue weighted by Gasteiger charge is -2.68. The predicted molar refractivity (Wildman–Crippen MR) is 66.0 cm³/mol. The average Bonchev–Trinajstić information content (AvgIpc) is 2.34. The molecule has 1 N–H and O–H groups in total. The van der Waals surface area contributed by atoms with E-state index < -0.39 is 0 Å². The summed E-state index contributed by atoms with van der Waals surface area (Å²) in [5.41, 5.74) is 2.06. The van der Waals surface area contributed by atoms with Crippen molar-refractivity contribution in [2.45, 2.75) is 52.6 Å². The van der Waals surface area contributed by atoms with Gasteiger partial charge >= 0.3 is 0 Å². The normalized spacial score (nSPS) is 54.1. The van der Waals surface area contributed by atoms with Gasteiger partial charge in [-0.1, -0.05) is 33.8 Å². The lowest BCUT2D eigenvalue weighted by molar-refractivity contribution is -0.176. The predicted octanol–water partition coefficient (Wildman–Crippen LogP) is 3.39. The Balaban J connectivity index is 2.03. The highest BCUT2D eigenvalue weighted by atomic mass is 16.3. The largest absolute Gasteiger partial charge is 0.389 e. The SMILES string of the molecule is C=C1[C@@H]2[C@@H]3[C@H](C[C@@H]1O)[C@@]2(C)CCCC3(C)C. The second kappa shape index (κ2) is 2.93. The van der Waals surface area contributed by atoms with Crippen molar-refractivity contribution in [1.29, 1.82) is 0 Å². The van der Waals surface area contributed by atoms with Crippen molar-refractivity contribution < 1.29 is 5.11 Å². The highest BCUT2D eigenvalue weighted by Gasteiger charge is 2.67. The third-order valence-corrected chi connectivity index (χ3v) is 6.09. The molecule has 5 atom stereocenters.